The number of pyridine rings is 1. The Morgan fingerprint density at radius 2 is 2.12 bits per heavy atom. The van der Waals surface area contributed by atoms with E-state index in [9.17, 15) is 4.79 Å². The van der Waals surface area contributed by atoms with Gasteiger partial charge in [-0.15, -0.1) is 0 Å². The predicted octanol–water partition coefficient (Wildman–Crippen LogP) is 3.86. The van der Waals surface area contributed by atoms with E-state index in [1.54, 1.807) is 11.6 Å². The molecule has 0 fully saturated rings. The normalized spacial score (nSPS) is 16.8. The summed E-state index contributed by atoms with van der Waals surface area (Å²) in [5, 5.41) is 4.44. The first kappa shape index (κ1) is 16.1. The van der Waals surface area contributed by atoms with Crippen LogP contribution in [0.5, 0.6) is 5.75 Å². The predicted molar refractivity (Wildman–Crippen MR) is 99.0 cm³/mol. The molecule has 1 aliphatic rings. The summed E-state index contributed by atoms with van der Waals surface area (Å²) in [4.78, 5) is 14.9. The van der Waals surface area contributed by atoms with Gasteiger partial charge >= 0.3 is 0 Å². The highest BCUT2D eigenvalue weighted by atomic mass is 79.9. The molecule has 1 aromatic carbocycles. The summed E-state index contributed by atoms with van der Waals surface area (Å²) >= 11 is 3.43. The van der Waals surface area contributed by atoms with E-state index >= 15 is 0 Å². The fourth-order valence-corrected chi connectivity index (χ4v) is 3.75. The van der Waals surface area contributed by atoms with Gasteiger partial charge in [0.1, 0.15) is 5.75 Å². The van der Waals surface area contributed by atoms with Crippen molar-refractivity contribution >= 4 is 27.4 Å². The molecule has 0 aliphatic carbocycles. The number of carbonyl (C=O) groups is 1. The van der Waals surface area contributed by atoms with E-state index in [2.05, 4.69) is 40.1 Å². The zero-order valence-electron chi connectivity index (χ0n) is 14.1. The molecule has 1 unspecified atom stereocenters. The summed E-state index contributed by atoms with van der Waals surface area (Å²) in [6.45, 7) is 2.74. The molecule has 0 bridgehead atoms. The Hall–Kier alpha value is -2.34. The van der Waals surface area contributed by atoms with Crippen molar-refractivity contribution in [3.8, 4) is 5.75 Å². The van der Waals surface area contributed by atoms with Crippen molar-refractivity contribution in [2.75, 3.05) is 13.7 Å². The molecule has 0 N–H and O–H groups in total. The van der Waals surface area contributed by atoms with E-state index in [4.69, 9.17) is 4.74 Å². The molecule has 0 saturated carbocycles. The molecule has 0 saturated heterocycles. The number of nitrogens with zero attached hydrogens (tertiary/aromatic N) is 3. The van der Waals surface area contributed by atoms with Gasteiger partial charge < -0.3 is 9.64 Å². The minimum atomic E-state index is -0.0335. The van der Waals surface area contributed by atoms with Gasteiger partial charge in [0.05, 0.1) is 18.7 Å². The lowest BCUT2D eigenvalue weighted by atomic mass is 9.93. The van der Waals surface area contributed by atoms with Gasteiger partial charge in [0, 0.05) is 17.2 Å². The van der Waals surface area contributed by atoms with Gasteiger partial charge in [-0.2, -0.15) is 5.10 Å². The van der Waals surface area contributed by atoms with E-state index < -0.39 is 0 Å². The fraction of sp³-hybridized carbons (Fsp3) is 0.263. The quantitative estimate of drug-likeness (QED) is 0.656. The largest absolute Gasteiger partial charge is 0.497 e. The lowest BCUT2D eigenvalue weighted by Gasteiger charge is -2.35. The molecule has 0 spiro atoms. The zero-order valence-corrected chi connectivity index (χ0v) is 15.7. The number of hydrogen-bond acceptors (Lipinski definition) is 3. The molecule has 25 heavy (non-hydrogen) atoms. The lowest BCUT2D eigenvalue weighted by molar-refractivity contribution is 0.0671. The van der Waals surface area contributed by atoms with Crippen LogP contribution < -0.4 is 4.74 Å². The summed E-state index contributed by atoms with van der Waals surface area (Å²) in [5.74, 6) is 0.824. The minimum Gasteiger partial charge on any atom is -0.497 e. The molecule has 1 atom stereocenters. The van der Waals surface area contributed by atoms with Crippen molar-refractivity contribution in [2.24, 2.45) is 0 Å². The highest BCUT2D eigenvalue weighted by Crippen LogP contribution is 2.32. The van der Waals surface area contributed by atoms with Crippen molar-refractivity contribution in [3.05, 3.63) is 63.9 Å². The first-order valence-corrected chi connectivity index (χ1v) is 8.99. The van der Waals surface area contributed by atoms with Crippen LogP contribution >= 0.6 is 15.9 Å². The fourth-order valence-electron chi connectivity index (χ4n) is 3.43. The maximum atomic E-state index is 13.0. The second-order valence-corrected chi connectivity index (χ2v) is 7.15. The average molecular weight is 400 g/mol. The molecule has 3 aromatic rings. The van der Waals surface area contributed by atoms with Gasteiger partial charge in [-0.1, -0.05) is 6.07 Å². The number of aromatic nitrogens is 2. The zero-order chi connectivity index (χ0) is 17.6. The first-order chi connectivity index (χ1) is 12.1. The van der Waals surface area contributed by atoms with Crippen LogP contribution in [0.25, 0.3) is 5.52 Å². The average Bonchev–Trinajstić information content (AvgIpc) is 3.04. The summed E-state index contributed by atoms with van der Waals surface area (Å²) in [5.41, 5.74) is 3.80. The highest BCUT2D eigenvalue weighted by Gasteiger charge is 2.29. The Bertz CT molecular complexity index is 966. The molecule has 1 amide bonds. The van der Waals surface area contributed by atoms with Crippen LogP contribution in [0.15, 0.2) is 47.1 Å². The number of ether oxygens (including phenoxy) is 1. The topological polar surface area (TPSA) is 46.8 Å². The van der Waals surface area contributed by atoms with Crippen molar-refractivity contribution in [2.45, 2.75) is 19.4 Å². The third-order valence-corrected chi connectivity index (χ3v) is 5.26. The first-order valence-electron chi connectivity index (χ1n) is 8.19. The second-order valence-electron chi connectivity index (χ2n) is 6.24. The van der Waals surface area contributed by atoms with Crippen molar-refractivity contribution in [3.63, 3.8) is 0 Å². The monoisotopic (exact) mass is 399 g/mol. The number of halogens is 1. The number of methoxy groups -OCH3 is 1. The Morgan fingerprint density at radius 1 is 1.28 bits per heavy atom. The van der Waals surface area contributed by atoms with Crippen LogP contribution in [0.2, 0.25) is 0 Å². The Balaban J connectivity index is 1.65. The molecular weight excluding hydrogens is 382 g/mol. The third-order valence-electron chi connectivity index (χ3n) is 4.79. The van der Waals surface area contributed by atoms with Crippen LogP contribution in [0.1, 0.15) is 34.6 Å². The smallest absolute Gasteiger partial charge is 0.274 e. The van der Waals surface area contributed by atoms with Gasteiger partial charge in [-0.25, -0.2) is 4.52 Å². The van der Waals surface area contributed by atoms with Gasteiger partial charge in [0.15, 0.2) is 5.69 Å². The van der Waals surface area contributed by atoms with Crippen molar-refractivity contribution in [1.29, 1.82) is 0 Å². The van der Waals surface area contributed by atoms with Crippen LogP contribution in [0, 0.1) is 0 Å². The van der Waals surface area contributed by atoms with Crippen molar-refractivity contribution < 1.29 is 9.53 Å². The second kappa shape index (κ2) is 6.19. The number of hydrogen-bond donors (Lipinski definition) is 0. The molecule has 1 aliphatic heterocycles. The number of carbonyl (C=O) groups excluding carboxylic acids is 1. The third kappa shape index (κ3) is 2.80. The molecule has 6 heteroatoms. The van der Waals surface area contributed by atoms with Crippen LogP contribution in [-0.2, 0) is 6.42 Å². The van der Waals surface area contributed by atoms with E-state index in [-0.39, 0.29) is 11.9 Å². The number of fused-ring (bicyclic) bond motifs is 2. The molecule has 5 nitrogen and oxygen atoms in total. The highest BCUT2D eigenvalue weighted by molar-refractivity contribution is 9.10. The maximum Gasteiger partial charge on any atom is 0.274 e. The van der Waals surface area contributed by atoms with Crippen LogP contribution in [0.4, 0.5) is 0 Å². The van der Waals surface area contributed by atoms with E-state index in [1.165, 1.54) is 11.1 Å². The molecule has 4 rings (SSSR count). The summed E-state index contributed by atoms with van der Waals surface area (Å²) in [6.07, 6.45) is 2.68. The Labute approximate surface area is 154 Å². The standard InChI is InChI=1S/C19H18BrN3O2/c1-12-17-6-5-16(25-2)9-13(17)7-8-22(12)19(24)18-10-15-4-3-14(20)11-23(15)21-18/h3-6,9-12H,7-8H2,1-2H3. The molecule has 128 valence electrons. The number of benzene rings is 1. The maximum absolute atomic E-state index is 13.0. The Morgan fingerprint density at radius 3 is 2.92 bits per heavy atom. The SMILES string of the molecule is COc1ccc2c(c1)CCN(C(=O)c1cc3ccc(Br)cn3n1)C2C. The molecule has 0 radical (unpaired) electrons. The molecular formula is C19H18BrN3O2. The minimum absolute atomic E-state index is 0.0127. The van der Waals surface area contributed by atoms with E-state index in [0.29, 0.717) is 12.2 Å². The molecule has 2 aromatic heterocycles. The summed E-state index contributed by atoms with van der Waals surface area (Å²) in [6, 6.07) is 11.8. The van der Waals surface area contributed by atoms with Gasteiger partial charge in [0.2, 0.25) is 0 Å². The Kier molecular flexibility index (Phi) is 4.00. The van der Waals surface area contributed by atoms with Gasteiger partial charge in [-0.05, 0) is 70.7 Å². The van der Waals surface area contributed by atoms with Crippen molar-refractivity contribution in [1.82, 2.24) is 14.5 Å². The van der Waals surface area contributed by atoms with E-state index in [0.717, 1.165) is 22.2 Å². The summed E-state index contributed by atoms with van der Waals surface area (Å²) in [7, 11) is 1.67. The van der Waals surface area contributed by atoms with Gasteiger partial charge in [-0.3, -0.25) is 4.79 Å². The van der Waals surface area contributed by atoms with Crippen LogP contribution in [-0.4, -0.2) is 34.1 Å². The summed E-state index contributed by atoms with van der Waals surface area (Å²) < 4.78 is 7.96. The van der Waals surface area contributed by atoms with Gasteiger partial charge in [0.25, 0.3) is 5.91 Å². The molecule has 3 heterocycles. The van der Waals surface area contributed by atoms with Crippen LogP contribution in [0.3, 0.4) is 0 Å². The number of rotatable bonds is 2. The lowest BCUT2D eigenvalue weighted by Crippen LogP contribution is -2.39. The number of amides is 1. The van der Waals surface area contributed by atoms with E-state index in [1.807, 2.05) is 35.4 Å².